The van der Waals surface area contributed by atoms with Crippen molar-refractivity contribution >= 4 is 11.8 Å². The predicted octanol–water partition coefficient (Wildman–Crippen LogP) is 4.84. The summed E-state index contributed by atoms with van der Waals surface area (Å²) in [5.74, 6) is 0.666. The SMILES string of the molecule is COc1ccc(N[C@H]2CCN(C(=O)OCc3ccccc3)[C@@H](C(F)(F)F)C2)cc1. The summed E-state index contributed by atoms with van der Waals surface area (Å²) in [5, 5.41) is 3.12. The van der Waals surface area contributed by atoms with E-state index in [4.69, 9.17) is 9.47 Å². The second kappa shape index (κ2) is 9.07. The molecular weight excluding hydrogens is 385 g/mol. The number of methoxy groups -OCH3 is 1. The Morgan fingerprint density at radius 3 is 2.45 bits per heavy atom. The maximum absolute atomic E-state index is 13.6. The summed E-state index contributed by atoms with van der Waals surface area (Å²) < 4.78 is 51.1. The molecule has 1 heterocycles. The highest BCUT2D eigenvalue weighted by Gasteiger charge is 2.49. The monoisotopic (exact) mass is 408 g/mol. The minimum Gasteiger partial charge on any atom is -0.497 e. The van der Waals surface area contributed by atoms with Crippen LogP contribution in [0.1, 0.15) is 18.4 Å². The van der Waals surface area contributed by atoms with Gasteiger partial charge in [0.15, 0.2) is 0 Å². The predicted molar refractivity (Wildman–Crippen MR) is 103 cm³/mol. The van der Waals surface area contributed by atoms with Crippen LogP contribution in [0.15, 0.2) is 54.6 Å². The lowest BCUT2D eigenvalue weighted by molar-refractivity contribution is -0.186. The number of nitrogens with one attached hydrogen (secondary N) is 1. The van der Waals surface area contributed by atoms with Crippen molar-refractivity contribution in [1.82, 2.24) is 4.90 Å². The first-order valence-electron chi connectivity index (χ1n) is 9.31. The lowest BCUT2D eigenvalue weighted by atomic mass is 9.96. The first kappa shape index (κ1) is 20.8. The number of benzene rings is 2. The van der Waals surface area contributed by atoms with E-state index in [1.807, 2.05) is 6.07 Å². The molecule has 0 unspecified atom stereocenters. The van der Waals surface area contributed by atoms with Crippen LogP contribution in [0.3, 0.4) is 0 Å². The summed E-state index contributed by atoms with van der Waals surface area (Å²) in [6.45, 7) is -0.0973. The molecule has 1 N–H and O–H groups in total. The molecule has 0 aromatic heterocycles. The van der Waals surface area contributed by atoms with Crippen molar-refractivity contribution in [3.8, 4) is 5.75 Å². The van der Waals surface area contributed by atoms with E-state index in [9.17, 15) is 18.0 Å². The Hall–Kier alpha value is -2.90. The quantitative estimate of drug-likeness (QED) is 0.769. The molecule has 8 heteroatoms. The van der Waals surface area contributed by atoms with Crippen molar-refractivity contribution in [1.29, 1.82) is 0 Å². The number of halogens is 3. The molecular formula is C21H23F3N2O3. The number of anilines is 1. The molecule has 0 radical (unpaired) electrons. The average Bonchev–Trinajstić information content (AvgIpc) is 2.72. The summed E-state index contributed by atoms with van der Waals surface area (Å²) in [5.41, 5.74) is 1.43. The fourth-order valence-electron chi connectivity index (χ4n) is 3.35. The third kappa shape index (κ3) is 5.56. The van der Waals surface area contributed by atoms with Gasteiger partial charge in [0.25, 0.3) is 0 Å². The van der Waals surface area contributed by atoms with E-state index in [-0.39, 0.29) is 19.6 Å². The summed E-state index contributed by atoms with van der Waals surface area (Å²) in [7, 11) is 1.54. The highest BCUT2D eigenvalue weighted by molar-refractivity contribution is 5.68. The van der Waals surface area contributed by atoms with Gasteiger partial charge in [0.2, 0.25) is 0 Å². The first-order valence-corrected chi connectivity index (χ1v) is 9.31. The van der Waals surface area contributed by atoms with E-state index in [0.29, 0.717) is 17.9 Å². The summed E-state index contributed by atoms with van der Waals surface area (Å²) in [6.07, 6.45) is -5.33. The Morgan fingerprint density at radius 2 is 1.83 bits per heavy atom. The van der Waals surface area contributed by atoms with Crippen molar-refractivity contribution in [2.75, 3.05) is 19.0 Å². The molecule has 1 amide bonds. The molecule has 1 fully saturated rings. The van der Waals surface area contributed by atoms with E-state index in [2.05, 4.69) is 5.32 Å². The third-order valence-corrected chi connectivity index (χ3v) is 4.88. The van der Waals surface area contributed by atoms with Gasteiger partial charge in [0.05, 0.1) is 7.11 Å². The van der Waals surface area contributed by atoms with Crippen LogP contribution >= 0.6 is 0 Å². The van der Waals surface area contributed by atoms with Crippen molar-refractivity contribution in [3.63, 3.8) is 0 Å². The van der Waals surface area contributed by atoms with Crippen LogP contribution in [0.25, 0.3) is 0 Å². The van der Waals surface area contributed by atoms with Crippen molar-refractivity contribution in [2.24, 2.45) is 0 Å². The molecule has 0 spiro atoms. The fourth-order valence-corrected chi connectivity index (χ4v) is 3.35. The van der Waals surface area contributed by atoms with Gasteiger partial charge in [-0.2, -0.15) is 13.2 Å². The van der Waals surface area contributed by atoms with Crippen LogP contribution in [-0.4, -0.2) is 42.9 Å². The van der Waals surface area contributed by atoms with E-state index < -0.39 is 24.4 Å². The standard InChI is InChI=1S/C21H23F3N2O3/c1-28-18-9-7-16(8-10-18)25-17-11-12-26(19(13-17)21(22,23)24)20(27)29-14-15-5-3-2-4-6-15/h2-10,17,19,25H,11-14H2,1H3/t17-,19+/m0/s1. The Kier molecular flexibility index (Phi) is 6.51. The second-order valence-electron chi connectivity index (χ2n) is 6.89. The van der Waals surface area contributed by atoms with Crippen LogP contribution in [0.2, 0.25) is 0 Å². The largest absolute Gasteiger partial charge is 0.497 e. The first-order chi connectivity index (χ1) is 13.9. The number of carbonyl (C=O) groups is 1. The average molecular weight is 408 g/mol. The van der Waals surface area contributed by atoms with E-state index in [0.717, 1.165) is 10.5 Å². The second-order valence-corrected chi connectivity index (χ2v) is 6.89. The van der Waals surface area contributed by atoms with Gasteiger partial charge in [0, 0.05) is 18.3 Å². The number of likely N-dealkylation sites (tertiary alicyclic amines) is 1. The van der Waals surface area contributed by atoms with Gasteiger partial charge < -0.3 is 14.8 Å². The van der Waals surface area contributed by atoms with Gasteiger partial charge in [0.1, 0.15) is 18.4 Å². The Labute approximate surface area is 167 Å². The van der Waals surface area contributed by atoms with E-state index in [1.54, 1.807) is 55.6 Å². The van der Waals surface area contributed by atoms with Crippen LogP contribution < -0.4 is 10.1 Å². The number of hydrogen-bond donors (Lipinski definition) is 1. The fraction of sp³-hybridized carbons (Fsp3) is 0.381. The molecule has 5 nitrogen and oxygen atoms in total. The highest BCUT2D eigenvalue weighted by Crippen LogP contribution is 2.33. The van der Waals surface area contributed by atoms with Gasteiger partial charge in [-0.05, 0) is 42.7 Å². The molecule has 3 rings (SSSR count). The van der Waals surface area contributed by atoms with Gasteiger partial charge in [-0.3, -0.25) is 4.90 Å². The molecule has 156 valence electrons. The van der Waals surface area contributed by atoms with Crippen LogP contribution in [0.5, 0.6) is 5.75 Å². The molecule has 29 heavy (non-hydrogen) atoms. The number of ether oxygens (including phenoxy) is 2. The Bertz CT molecular complexity index is 797. The van der Waals surface area contributed by atoms with Crippen LogP contribution in [-0.2, 0) is 11.3 Å². The Morgan fingerprint density at radius 1 is 1.14 bits per heavy atom. The summed E-state index contributed by atoms with van der Waals surface area (Å²) in [4.78, 5) is 13.1. The van der Waals surface area contributed by atoms with Gasteiger partial charge in [-0.15, -0.1) is 0 Å². The maximum atomic E-state index is 13.6. The molecule has 1 aliphatic heterocycles. The summed E-state index contributed by atoms with van der Waals surface area (Å²) >= 11 is 0. The molecule has 1 saturated heterocycles. The number of nitrogens with zero attached hydrogens (tertiary/aromatic N) is 1. The number of amides is 1. The lowest BCUT2D eigenvalue weighted by Crippen LogP contribution is -2.55. The zero-order valence-corrected chi connectivity index (χ0v) is 16.0. The molecule has 2 atom stereocenters. The number of alkyl halides is 3. The molecule has 0 saturated carbocycles. The van der Waals surface area contributed by atoms with Gasteiger partial charge >= 0.3 is 12.3 Å². The normalized spacial score (nSPS) is 19.5. The molecule has 2 aromatic carbocycles. The number of carbonyl (C=O) groups excluding carboxylic acids is 1. The van der Waals surface area contributed by atoms with E-state index in [1.165, 1.54) is 0 Å². The minimum absolute atomic E-state index is 0.0361. The maximum Gasteiger partial charge on any atom is 0.410 e. The van der Waals surface area contributed by atoms with Gasteiger partial charge in [-0.25, -0.2) is 4.79 Å². The van der Waals surface area contributed by atoms with Crippen molar-refractivity contribution in [3.05, 3.63) is 60.2 Å². The summed E-state index contributed by atoms with van der Waals surface area (Å²) in [6, 6.07) is 13.5. The number of hydrogen-bond acceptors (Lipinski definition) is 4. The number of rotatable bonds is 5. The zero-order chi connectivity index (χ0) is 20.9. The molecule has 2 aromatic rings. The molecule has 1 aliphatic rings. The minimum atomic E-state index is -4.54. The highest BCUT2D eigenvalue weighted by atomic mass is 19.4. The molecule has 0 aliphatic carbocycles. The van der Waals surface area contributed by atoms with Gasteiger partial charge in [-0.1, -0.05) is 30.3 Å². The van der Waals surface area contributed by atoms with Crippen molar-refractivity contribution < 1.29 is 27.4 Å². The third-order valence-electron chi connectivity index (χ3n) is 4.88. The zero-order valence-electron chi connectivity index (χ0n) is 16.0. The molecule has 0 bridgehead atoms. The lowest BCUT2D eigenvalue weighted by Gasteiger charge is -2.40. The van der Waals surface area contributed by atoms with E-state index >= 15 is 0 Å². The van der Waals surface area contributed by atoms with Crippen LogP contribution in [0, 0.1) is 0 Å². The Balaban J connectivity index is 1.62. The van der Waals surface area contributed by atoms with Crippen molar-refractivity contribution in [2.45, 2.75) is 37.7 Å². The topological polar surface area (TPSA) is 50.8 Å². The number of piperidine rings is 1. The van der Waals surface area contributed by atoms with Crippen LogP contribution in [0.4, 0.5) is 23.7 Å². The smallest absolute Gasteiger partial charge is 0.410 e.